The highest BCUT2D eigenvalue weighted by Gasteiger charge is 2.39. The summed E-state index contributed by atoms with van der Waals surface area (Å²) in [6.45, 7) is 0.475. The van der Waals surface area contributed by atoms with Crippen molar-refractivity contribution in [3.05, 3.63) is 35.6 Å². The number of aliphatic hydroxyl groups is 2. The smallest absolute Gasteiger partial charge is 0.245 e. The number of likely N-dealkylation sites (tertiary alicyclic amines) is 1. The topological polar surface area (TPSA) is 43.7 Å². The second-order valence-corrected chi connectivity index (χ2v) is 4.88. The molecular weight excluding hydrogens is 259 g/mol. The molecule has 3 atom stereocenters. The van der Waals surface area contributed by atoms with Crippen LogP contribution < -0.4 is 0 Å². The number of rotatable bonds is 3. The number of hydrogen-bond acceptors (Lipinski definition) is 3. The van der Waals surface area contributed by atoms with E-state index in [-0.39, 0.29) is 18.9 Å². The first kappa shape index (κ1) is 14.3. The third kappa shape index (κ3) is 3.46. The zero-order valence-corrected chi connectivity index (χ0v) is 10.2. The maximum atomic E-state index is 12.8. The van der Waals surface area contributed by atoms with Gasteiger partial charge in [-0.1, -0.05) is 12.1 Å². The molecule has 6 heteroatoms. The molecule has 1 aliphatic rings. The average molecular weight is 275 g/mol. The summed E-state index contributed by atoms with van der Waals surface area (Å²) in [5.74, 6) is -1.62. The summed E-state index contributed by atoms with van der Waals surface area (Å²) in [5, 5.41) is 19.1. The lowest BCUT2D eigenvalue weighted by Crippen LogP contribution is -2.54. The minimum absolute atomic E-state index is 0.00721. The Labute approximate surface area is 109 Å². The third-order valence-electron chi connectivity index (χ3n) is 3.39. The number of hydrogen-bond donors (Lipinski definition) is 2. The Morgan fingerprint density at radius 3 is 2.37 bits per heavy atom. The summed E-state index contributed by atoms with van der Waals surface area (Å²) in [4.78, 5) is 1.64. The lowest BCUT2D eigenvalue weighted by atomic mass is 9.92. The van der Waals surface area contributed by atoms with Crippen LogP contribution in [0.1, 0.15) is 5.56 Å². The highest BCUT2D eigenvalue weighted by molar-refractivity contribution is 5.16. The SMILES string of the molecule is OC1CN(Cc2ccc(F)cc2)C[C@H](C(F)F)[C@H]1O. The summed E-state index contributed by atoms with van der Waals surface area (Å²) in [5.41, 5.74) is 0.776. The number of β-amino-alcohol motifs (C(OH)–C–C–N with tert-alkyl or cyclic N) is 1. The quantitative estimate of drug-likeness (QED) is 0.872. The zero-order chi connectivity index (χ0) is 14.0. The van der Waals surface area contributed by atoms with Crippen LogP contribution in [0.3, 0.4) is 0 Å². The molecule has 2 rings (SSSR count). The second kappa shape index (κ2) is 5.90. The van der Waals surface area contributed by atoms with Crippen LogP contribution in [0, 0.1) is 11.7 Å². The van der Waals surface area contributed by atoms with Gasteiger partial charge in [0.1, 0.15) is 5.82 Å². The molecule has 0 saturated carbocycles. The largest absolute Gasteiger partial charge is 0.390 e. The highest BCUT2D eigenvalue weighted by atomic mass is 19.3. The van der Waals surface area contributed by atoms with E-state index in [2.05, 4.69) is 0 Å². The van der Waals surface area contributed by atoms with Gasteiger partial charge in [0.25, 0.3) is 0 Å². The maximum Gasteiger partial charge on any atom is 0.245 e. The Balaban J connectivity index is 2.02. The van der Waals surface area contributed by atoms with Gasteiger partial charge in [0.2, 0.25) is 6.43 Å². The predicted molar refractivity (Wildman–Crippen MR) is 63.2 cm³/mol. The van der Waals surface area contributed by atoms with Crippen molar-refractivity contribution in [3.8, 4) is 0 Å². The first-order chi connectivity index (χ1) is 8.97. The number of halogens is 3. The monoisotopic (exact) mass is 275 g/mol. The number of piperidine rings is 1. The van der Waals surface area contributed by atoms with Crippen molar-refractivity contribution in [1.82, 2.24) is 4.90 Å². The zero-order valence-electron chi connectivity index (χ0n) is 10.2. The molecule has 0 aromatic heterocycles. The van der Waals surface area contributed by atoms with Crippen LogP contribution in [-0.2, 0) is 6.54 Å². The fourth-order valence-corrected chi connectivity index (χ4v) is 2.34. The number of nitrogens with zero attached hydrogens (tertiary/aromatic N) is 1. The molecule has 1 aromatic rings. The summed E-state index contributed by atoms with van der Waals surface area (Å²) in [6.07, 6.45) is -5.27. The van der Waals surface area contributed by atoms with Gasteiger partial charge in [-0.2, -0.15) is 0 Å². The van der Waals surface area contributed by atoms with Crippen molar-refractivity contribution in [2.45, 2.75) is 25.2 Å². The van der Waals surface area contributed by atoms with Gasteiger partial charge in [0, 0.05) is 19.6 Å². The Morgan fingerprint density at radius 1 is 1.16 bits per heavy atom. The van der Waals surface area contributed by atoms with E-state index < -0.39 is 24.6 Å². The number of alkyl halides is 2. The lowest BCUT2D eigenvalue weighted by molar-refractivity contribution is -0.118. The Morgan fingerprint density at radius 2 is 1.79 bits per heavy atom. The van der Waals surface area contributed by atoms with Crippen molar-refractivity contribution in [3.63, 3.8) is 0 Å². The third-order valence-corrected chi connectivity index (χ3v) is 3.39. The van der Waals surface area contributed by atoms with Crippen LogP contribution in [0.15, 0.2) is 24.3 Å². The van der Waals surface area contributed by atoms with Gasteiger partial charge in [-0.3, -0.25) is 4.90 Å². The highest BCUT2D eigenvalue weighted by Crippen LogP contribution is 2.24. The summed E-state index contributed by atoms with van der Waals surface area (Å²) >= 11 is 0. The first-order valence-electron chi connectivity index (χ1n) is 6.08. The van der Waals surface area contributed by atoms with Crippen LogP contribution in [0.5, 0.6) is 0 Å². The molecule has 0 bridgehead atoms. The van der Waals surface area contributed by atoms with Crippen LogP contribution in [0.4, 0.5) is 13.2 Å². The van der Waals surface area contributed by atoms with Gasteiger partial charge in [-0.05, 0) is 17.7 Å². The number of benzene rings is 1. The molecule has 1 heterocycles. The fraction of sp³-hybridized carbons (Fsp3) is 0.538. The van der Waals surface area contributed by atoms with E-state index >= 15 is 0 Å². The molecule has 1 unspecified atom stereocenters. The van der Waals surface area contributed by atoms with E-state index in [0.29, 0.717) is 6.54 Å². The van der Waals surface area contributed by atoms with E-state index in [1.54, 1.807) is 17.0 Å². The van der Waals surface area contributed by atoms with E-state index in [0.717, 1.165) is 5.56 Å². The predicted octanol–water partition coefficient (Wildman–Crippen LogP) is 1.24. The van der Waals surface area contributed by atoms with Gasteiger partial charge >= 0.3 is 0 Å². The number of aliphatic hydroxyl groups excluding tert-OH is 2. The maximum absolute atomic E-state index is 12.8. The molecule has 3 nitrogen and oxygen atoms in total. The molecule has 0 spiro atoms. The molecule has 1 saturated heterocycles. The van der Waals surface area contributed by atoms with Crippen molar-refractivity contribution >= 4 is 0 Å². The van der Waals surface area contributed by atoms with Gasteiger partial charge in [0.05, 0.1) is 18.1 Å². The normalized spacial score (nSPS) is 28.8. The van der Waals surface area contributed by atoms with Crippen molar-refractivity contribution in [1.29, 1.82) is 0 Å². The Bertz CT molecular complexity index is 413. The Hall–Kier alpha value is -1.11. The van der Waals surface area contributed by atoms with Crippen molar-refractivity contribution < 1.29 is 23.4 Å². The van der Waals surface area contributed by atoms with E-state index in [9.17, 15) is 23.4 Å². The molecule has 2 N–H and O–H groups in total. The summed E-state index contributed by atoms with van der Waals surface area (Å²) in [6, 6.07) is 5.75. The fourth-order valence-electron chi connectivity index (χ4n) is 2.34. The van der Waals surface area contributed by atoms with E-state index in [1.165, 1.54) is 12.1 Å². The molecule has 1 aliphatic heterocycles. The minimum atomic E-state index is -2.68. The molecule has 0 aliphatic carbocycles. The van der Waals surface area contributed by atoms with Gasteiger partial charge in [-0.15, -0.1) is 0 Å². The van der Waals surface area contributed by atoms with Gasteiger partial charge in [0.15, 0.2) is 0 Å². The van der Waals surface area contributed by atoms with E-state index in [4.69, 9.17) is 0 Å². The molecule has 1 fully saturated rings. The standard InChI is InChI=1S/C13H16F3NO2/c14-9-3-1-8(2-4-9)5-17-6-10(13(15)16)12(19)11(18)7-17/h1-4,10-13,18-19H,5-7H2/t10-,11?,12+/m0/s1. The van der Waals surface area contributed by atoms with Crippen LogP contribution >= 0.6 is 0 Å². The van der Waals surface area contributed by atoms with Crippen LogP contribution in [0.25, 0.3) is 0 Å². The average Bonchev–Trinajstić information content (AvgIpc) is 2.36. The van der Waals surface area contributed by atoms with Gasteiger partial charge < -0.3 is 10.2 Å². The molecule has 0 amide bonds. The lowest BCUT2D eigenvalue weighted by Gasteiger charge is -2.38. The van der Waals surface area contributed by atoms with E-state index in [1.807, 2.05) is 0 Å². The minimum Gasteiger partial charge on any atom is -0.390 e. The van der Waals surface area contributed by atoms with Crippen molar-refractivity contribution in [2.24, 2.45) is 5.92 Å². The molecule has 0 radical (unpaired) electrons. The molecule has 1 aromatic carbocycles. The van der Waals surface area contributed by atoms with Crippen LogP contribution in [-0.4, -0.2) is 46.8 Å². The molecular formula is C13H16F3NO2. The molecule has 106 valence electrons. The summed E-state index contributed by atoms with van der Waals surface area (Å²) < 4.78 is 38.3. The van der Waals surface area contributed by atoms with Crippen molar-refractivity contribution in [2.75, 3.05) is 13.1 Å². The van der Waals surface area contributed by atoms with Crippen LogP contribution in [0.2, 0.25) is 0 Å². The molecule has 19 heavy (non-hydrogen) atoms. The van der Waals surface area contributed by atoms with Gasteiger partial charge in [-0.25, -0.2) is 13.2 Å². The Kier molecular flexibility index (Phi) is 4.44. The first-order valence-corrected chi connectivity index (χ1v) is 6.08. The second-order valence-electron chi connectivity index (χ2n) is 4.88. The summed E-state index contributed by atoms with van der Waals surface area (Å²) in [7, 11) is 0.